The lowest BCUT2D eigenvalue weighted by molar-refractivity contribution is -0.112. The van der Waals surface area contributed by atoms with E-state index in [0.717, 1.165) is 16.8 Å². The Hall–Kier alpha value is -1.77. The van der Waals surface area contributed by atoms with Crippen LogP contribution in [0.4, 0.5) is 0 Å². The van der Waals surface area contributed by atoms with Gasteiger partial charge in [-0.15, -0.1) is 0 Å². The average Bonchev–Trinajstić information content (AvgIpc) is 2.19. The van der Waals surface area contributed by atoms with Gasteiger partial charge in [0.1, 0.15) is 0 Å². The largest absolute Gasteiger partial charge is 0.295 e. The molecule has 3 heteroatoms. The third-order valence-electron chi connectivity index (χ3n) is 1.95. The lowest BCUT2D eigenvalue weighted by Gasteiger charge is -2.04. The summed E-state index contributed by atoms with van der Waals surface area (Å²) in [6.07, 6.45) is 5.02. The molecule has 0 saturated heterocycles. The highest BCUT2D eigenvalue weighted by Gasteiger charge is 2.05. The maximum absolute atomic E-state index is 11.0. The van der Waals surface area contributed by atoms with E-state index in [4.69, 9.17) is 0 Å². The van der Waals surface area contributed by atoms with Crippen molar-refractivity contribution in [3.05, 3.63) is 41.7 Å². The van der Waals surface area contributed by atoms with Crippen LogP contribution in [0.25, 0.3) is 0 Å². The van der Waals surface area contributed by atoms with E-state index in [9.17, 15) is 4.79 Å². The van der Waals surface area contributed by atoms with E-state index in [1.165, 1.54) is 6.92 Å². The smallest absolute Gasteiger partial charge is 0.152 e. The standard InChI is InChI=1S/C12H14N2O/c1-9(7-10(2)15)12(13-3)11-5-4-6-14-8-11/h4-8H,1-3H3/b9-7-,13-12+. The van der Waals surface area contributed by atoms with Gasteiger partial charge in [-0.05, 0) is 37.6 Å². The molecule has 0 saturated carbocycles. The van der Waals surface area contributed by atoms with Crippen LogP contribution in [0, 0.1) is 0 Å². The normalized spacial score (nSPS) is 12.7. The van der Waals surface area contributed by atoms with Gasteiger partial charge in [-0.25, -0.2) is 0 Å². The molecule has 0 aliphatic rings. The summed E-state index contributed by atoms with van der Waals surface area (Å²) < 4.78 is 0. The second kappa shape index (κ2) is 5.20. The van der Waals surface area contributed by atoms with Gasteiger partial charge in [0.2, 0.25) is 0 Å². The van der Waals surface area contributed by atoms with Crippen LogP contribution in [0.5, 0.6) is 0 Å². The predicted octanol–water partition coefficient (Wildman–Crippen LogP) is 2.04. The zero-order valence-electron chi connectivity index (χ0n) is 9.19. The number of hydrogen-bond donors (Lipinski definition) is 0. The van der Waals surface area contributed by atoms with E-state index in [0.29, 0.717) is 0 Å². The first kappa shape index (κ1) is 11.3. The number of carbonyl (C=O) groups is 1. The molecular weight excluding hydrogens is 188 g/mol. The maximum Gasteiger partial charge on any atom is 0.152 e. The van der Waals surface area contributed by atoms with E-state index >= 15 is 0 Å². The van der Waals surface area contributed by atoms with Crippen molar-refractivity contribution in [3.63, 3.8) is 0 Å². The molecule has 1 aromatic heterocycles. The summed E-state index contributed by atoms with van der Waals surface area (Å²) in [5, 5.41) is 0. The second-order valence-electron chi connectivity index (χ2n) is 3.25. The van der Waals surface area contributed by atoms with Crippen LogP contribution in [0.3, 0.4) is 0 Å². The first-order valence-electron chi connectivity index (χ1n) is 4.71. The van der Waals surface area contributed by atoms with Gasteiger partial charge in [0, 0.05) is 25.0 Å². The van der Waals surface area contributed by atoms with E-state index in [2.05, 4.69) is 9.98 Å². The minimum absolute atomic E-state index is 0.0255. The summed E-state index contributed by atoms with van der Waals surface area (Å²) in [6.45, 7) is 3.40. The van der Waals surface area contributed by atoms with Crippen LogP contribution in [0.2, 0.25) is 0 Å². The Kier molecular flexibility index (Phi) is 3.92. The molecule has 0 aliphatic carbocycles. The van der Waals surface area contributed by atoms with E-state index < -0.39 is 0 Å². The van der Waals surface area contributed by atoms with Gasteiger partial charge in [0.15, 0.2) is 5.78 Å². The quantitative estimate of drug-likeness (QED) is 0.556. The highest BCUT2D eigenvalue weighted by atomic mass is 16.1. The molecule has 0 fully saturated rings. The lowest BCUT2D eigenvalue weighted by Crippen LogP contribution is -2.04. The Morgan fingerprint density at radius 3 is 2.67 bits per heavy atom. The van der Waals surface area contributed by atoms with E-state index in [1.807, 2.05) is 19.1 Å². The molecule has 0 radical (unpaired) electrons. The number of carbonyl (C=O) groups excluding carboxylic acids is 1. The number of allylic oxidation sites excluding steroid dienone is 2. The third-order valence-corrected chi connectivity index (χ3v) is 1.95. The predicted molar refractivity (Wildman–Crippen MR) is 61.1 cm³/mol. The van der Waals surface area contributed by atoms with Gasteiger partial charge in [-0.2, -0.15) is 0 Å². The number of pyridine rings is 1. The van der Waals surface area contributed by atoms with Crippen molar-refractivity contribution in [2.75, 3.05) is 7.05 Å². The zero-order valence-corrected chi connectivity index (χ0v) is 9.19. The first-order chi connectivity index (χ1) is 7.15. The van der Waals surface area contributed by atoms with Crippen LogP contribution < -0.4 is 0 Å². The second-order valence-corrected chi connectivity index (χ2v) is 3.25. The minimum atomic E-state index is 0.0255. The number of nitrogens with zero attached hydrogens (tertiary/aromatic N) is 2. The van der Waals surface area contributed by atoms with Gasteiger partial charge < -0.3 is 0 Å². The van der Waals surface area contributed by atoms with Crippen LogP contribution in [0.15, 0.2) is 41.2 Å². The Balaban J connectivity index is 3.07. The fourth-order valence-electron chi connectivity index (χ4n) is 1.41. The molecule has 0 aromatic carbocycles. The lowest BCUT2D eigenvalue weighted by atomic mass is 10.0. The van der Waals surface area contributed by atoms with Crippen molar-refractivity contribution < 1.29 is 4.79 Å². The maximum atomic E-state index is 11.0. The molecule has 0 N–H and O–H groups in total. The Morgan fingerprint density at radius 2 is 2.20 bits per heavy atom. The van der Waals surface area contributed by atoms with Crippen LogP contribution in [-0.2, 0) is 4.79 Å². The fourth-order valence-corrected chi connectivity index (χ4v) is 1.41. The van der Waals surface area contributed by atoms with Gasteiger partial charge in [0.05, 0.1) is 5.71 Å². The third kappa shape index (κ3) is 3.13. The molecule has 15 heavy (non-hydrogen) atoms. The molecule has 1 aromatic rings. The number of aromatic nitrogens is 1. The molecule has 78 valence electrons. The van der Waals surface area contributed by atoms with E-state index in [-0.39, 0.29) is 5.78 Å². The average molecular weight is 202 g/mol. The zero-order chi connectivity index (χ0) is 11.3. The molecule has 0 atom stereocenters. The first-order valence-corrected chi connectivity index (χ1v) is 4.71. The number of rotatable bonds is 3. The molecule has 0 amide bonds. The van der Waals surface area contributed by atoms with Crippen molar-refractivity contribution in [3.8, 4) is 0 Å². The molecule has 1 rings (SSSR count). The molecular formula is C12H14N2O. The monoisotopic (exact) mass is 202 g/mol. The number of hydrogen-bond acceptors (Lipinski definition) is 3. The molecule has 0 aliphatic heterocycles. The molecule has 1 heterocycles. The van der Waals surface area contributed by atoms with E-state index in [1.54, 1.807) is 25.5 Å². The Labute approximate surface area is 89.6 Å². The molecule has 0 spiro atoms. The fraction of sp³-hybridized carbons (Fsp3) is 0.250. The number of ketones is 1. The van der Waals surface area contributed by atoms with Crippen molar-refractivity contribution in [1.29, 1.82) is 0 Å². The molecule has 0 unspecified atom stereocenters. The van der Waals surface area contributed by atoms with Crippen LogP contribution >= 0.6 is 0 Å². The summed E-state index contributed by atoms with van der Waals surface area (Å²) >= 11 is 0. The molecule has 3 nitrogen and oxygen atoms in total. The summed E-state index contributed by atoms with van der Waals surface area (Å²) in [5.74, 6) is 0.0255. The van der Waals surface area contributed by atoms with Gasteiger partial charge in [-0.3, -0.25) is 14.8 Å². The topological polar surface area (TPSA) is 42.3 Å². The van der Waals surface area contributed by atoms with Crippen molar-refractivity contribution in [2.24, 2.45) is 4.99 Å². The Bertz CT molecular complexity index is 405. The van der Waals surface area contributed by atoms with Gasteiger partial charge >= 0.3 is 0 Å². The van der Waals surface area contributed by atoms with Gasteiger partial charge in [0.25, 0.3) is 0 Å². The van der Waals surface area contributed by atoms with Gasteiger partial charge in [-0.1, -0.05) is 0 Å². The summed E-state index contributed by atoms with van der Waals surface area (Å²) in [5.41, 5.74) is 2.59. The van der Waals surface area contributed by atoms with Crippen molar-refractivity contribution in [1.82, 2.24) is 4.98 Å². The highest BCUT2D eigenvalue weighted by Crippen LogP contribution is 2.07. The van der Waals surface area contributed by atoms with Crippen LogP contribution in [-0.4, -0.2) is 23.5 Å². The van der Waals surface area contributed by atoms with Crippen molar-refractivity contribution in [2.45, 2.75) is 13.8 Å². The Morgan fingerprint density at radius 1 is 1.47 bits per heavy atom. The van der Waals surface area contributed by atoms with Crippen molar-refractivity contribution >= 4 is 11.5 Å². The summed E-state index contributed by atoms with van der Waals surface area (Å²) in [6, 6.07) is 3.77. The molecule has 0 bridgehead atoms. The summed E-state index contributed by atoms with van der Waals surface area (Å²) in [4.78, 5) is 19.1. The van der Waals surface area contributed by atoms with Crippen LogP contribution in [0.1, 0.15) is 19.4 Å². The summed E-state index contributed by atoms with van der Waals surface area (Å²) in [7, 11) is 1.71. The highest BCUT2D eigenvalue weighted by molar-refractivity contribution is 6.14. The minimum Gasteiger partial charge on any atom is -0.295 e. The SMILES string of the molecule is C/N=C(\C(C)=C/C(C)=O)c1cccnc1. The number of aliphatic imine (C=N–C) groups is 1.